The summed E-state index contributed by atoms with van der Waals surface area (Å²) < 4.78 is 63.0. The molecule has 10 heteroatoms. The third kappa shape index (κ3) is 4.05. The Morgan fingerprint density at radius 3 is 2.50 bits per heavy atom. The first-order valence-electron chi connectivity index (χ1n) is 7.06. The van der Waals surface area contributed by atoms with Gasteiger partial charge in [-0.15, -0.1) is 0 Å². The highest BCUT2D eigenvalue weighted by atomic mass is 32.2. The molecule has 1 aliphatic heterocycles. The largest absolute Gasteiger partial charge is 0.405 e. The molecule has 2 rings (SSSR count). The van der Waals surface area contributed by atoms with Gasteiger partial charge >= 0.3 is 6.18 Å². The molecular formula is C14H16F3N3O3S. The van der Waals surface area contributed by atoms with Crippen LogP contribution in [0.15, 0.2) is 34.2 Å². The molecule has 24 heavy (non-hydrogen) atoms. The van der Waals surface area contributed by atoms with Gasteiger partial charge in [0.15, 0.2) is 0 Å². The van der Waals surface area contributed by atoms with E-state index in [2.05, 4.69) is 9.71 Å². The highest BCUT2D eigenvalue weighted by molar-refractivity contribution is 7.90. The van der Waals surface area contributed by atoms with E-state index >= 15 is 0 Å². The Morgan fingerprint density at radius 1 is 1.29 bits per heavy atom. The van der Waals surface area contributed by atoms with E-state index in [1.54, 1.807) is 25.2 Å². The summed E-state index contributed by atoms with van der Waals surface area (Å²) in [5, 5.41) is 1.77. The second-order valence-corrected chi connectivity index (χ2v) is 7.25. The number of amidine groups is 1. The normalized spacial score (nSPS) is 19.0. The fourth-order valence-corrected chi connectivity index (χ4v) is 3.41. The van der Waals surface area contributed by atoms with Crippen LogP contribution in [0.3, 0.4) is 0 Å². The molecule has 0 aliphatic carbocycles. The molecule has 1 heterocycles. The number of benzene rings is 1. The van der Waals surface area contributed by atoms with Crippen molar-refractivity contribution in [2.24, 2.45) is 10.9 Å². The van der Waals surface area contributed by atoms with Crippen molar-refractivity contribution in [1.29, 1.82) is 0 Å². The van der Waals surface area contributed by atoms with Gasteiger partial charge in [0.1, 0.15) is 18.4 Å². The van der Waals surface area contributed by atoms with Gasteiger partial charge in [-0.25, -0.2) is 8.42 Å². The molecule has 0 bridgehead atoms. The molecule has 2 N–H and O–H groups in total. The number of fused-ring (bicyclic) bond motifs is 1. The zero-order valence-electron chi connectivity index (χ0n) is 12.9. The Hall–Kier alpha value is -2.10. The average molecular weight is 363 g/mol. The Bertz CT molecular complexity index is 773. The Balaban J connectivity index is 2.31. The summed E-state index contributed by atoms with van der Waals surface area (Å²) in [4.78, 5) is 16.1. The molecule has 1 aliphatic rings. The predicted octanol–water partition coefficient (Wildman–Crippen LogP) is 1.43. The summed E-state index contributed by atoms with van der Waals surface area (Å²) >= 11 is 0. The molecule has 1 amide bonds. The number of halogens is 3. The molecular weight excluding hydrogens is 347 g/mol. The van der Waals surface area contributed by atoms with Crippen LogP contribution in [0.2, 0.25) is 0 Å². The molecule has 6 nitrogen and oxygen atoms in total. The van der Waals surface area contributed by atoms with E-state index in [1.165, 1.54) is 18.2 Å². The van der Waals surface area contributed by atoms with Crippen molar-refractivity contribution < 1.29 is 26.4 Å². The van der Waals surface area contributed by atoms with Gasteiger partial charge in [-0.05, 0) is 18.1 Å². The Morgan fingerprint density at radius 2 is 1.92 bits per heavy atom. The van der Waals surface area contributed by atoms with Gasteiger partial charge in [-0.2, -0.15) is 13.2 Å². The molecule has 0 saturated heterocycles. The van der Waals surface area contributed by atoms with Gasteiger partial charge in [0.05, 0.1) is 4.90 Å². The molecule has 1 atom stereocenters. The number of nitrogens with zero attached hydrogens (tertiary/aromatic N) is 1. The smallest absolute Gasteiger partial charge is 0.345 e. The van der Waals surface area contributed by atoms with Crippen LogP contribution in [-0.2, 0) is 14.8 Å². The van der Waals surface area contributed by atoms with Crippen molar-refractivity contribution in [1.82, 2.24) is 10.0 Å². The van der Waals surface area contributed by atoms with Crippen LogP contribution in [0.5, 0.6) is 0 Å². The quantitative estimate of drug-likeness (QED) is 0.848. The summed E-state index contributed by atoms with van der Waals surface area (Å²) in [5.74, 6) is -1.40. The minimum Gasteiger partial charge on any atom is -0.345 e. The van der Waals surface area contributed by atoms with E-state index in [-0.39, 0.29) is 16.3 Å². The maximum absolute atomic E-state index is 12.2. The van der Waals surface area contributed by atoms with Crippen LogP contribution >= 0.6 is 0 Å². The van der Waals surface area contributed by atoms with E-state index in [0.717, 1.165) is 0 Å². The van der Waals surface area contributed by atoms with Gasteiger partial charge in [-0.1, -0.05) is 26.0 Å². The minimum atomic E-state index is -4.54. The molecule has 0 fully saturated rings. The lowest BCUT2D eigenvalue weighted by atomic mass is 10.0. The lowest BCUT2D eigenvalue weighted by molar-refractivity contribution is -0.139. The predicted molar refractivity (Wildman–Crippen MR) is 81.0 cm³/mol. The van der Waals surface area contributed by atoms with Crippen LogP contribution < -0.4 is 10.0 Å². The van der Waals surface area contributed by atoms with Crippen molar-refractivity contribution in [3.8, 4) is 0 Å². The highest BCUT2D eigenvalue weighted by Crippen LogP contribution is 2.23. The average Bonchev–Trinajstić information content (AvgIpc) is 2.73. The third-order valence-electron chi connectivity index (χ3n) is 3.29. The second-order valence-electron chi connectivity index (χ2n) is 5.60. The SMILES string of the molecule is CC(C)[C@H](N=C1NS(=O)(=O)c2ccccc21)C(=O)NCC(F)(F)F. The topological polar surface area (TPSA) is 87.6 Å². The standard InChI is InChI=1S/C14H16F3N3O3S/c1-8(2)11(13(21)18-7-14(15,16)17)19-12-9-5-3-4-6-10(9)24(22,23)20-12/h3-6,8,11H,7H2,1-2H3,(H,18,21)(H,19,20)/t11-/m0/s1. The van der Waals surface area contributed by atoms with E-state index in [9.17, 15) is 26.4 Å². The van der Waals surface area contributed by atoms with E-state index in [1.807, 2.05) is 0 Å². The number of hydrogen-bond donors (Lipinski definition) is 2. The number of nitrogens with one attached hydrogen (secondary N) is 2. The fourth-order valence-electron chi connectivity index (χ4n) is 2.17. The number of rotatable bonds is 4. The third-order valence-corrected chi connectivity index (χ3v) is 4.69. The van der Waals surface area contributed by atoms with Crippen LogP contribution in [0.25, 0.3) is 0 Å². The molecule has 1 aromatic carbocycles. The van der Waals surface area contributed by atoms with Crippen molar-refractivity contribution in [2.75, 3.05) is 6.54 Å². The van der Waals surface area contributed by atoms with Gasteiger partial charge in [0, 0.05) is 5.56 Å². The Kier molecular flexibility index (Phi) is 4.88. The molecule has 1 aromatic rings. The summed E-state index contributed by atoms with van der Waals surface area (Å²) in [6, 6.07) is 4.88. The first-order chi connectivity index (χ1) is 11.0. The number of hydrogen-bond acceptors (Lipinski definition) is 4. The summed E-state index contributed by atoms with van der Waals surface area (Å²) in [7, 11) is -3.78. The van der Waals surface area contributed by atoms with Crippen LogP contribution in [0.1, 0.15) is 19.4 Å². The van der Waals surface area contributed by atoms with Crippen molar-refractivity contribution in [2.45, 2.75) is 31.0 Å². The van der Waals surface area contributed by atoms with Gasteiger partial charge in [0.25, 0.3) is 10.0 Å². The molecule has 0 saturated carbocycles. The second kappa shape index (κ2) is 6.42. The first kappa shape index (κ1) is 18.2. The number of aliphatic imine (C=N–C) groups is 1. The maximum atomic E-state index is 12.2. The molecule has 0 spiro atoms. The molecule has 0 radical (unpaired) electrons. The zero-order valence-corrected chi connectivity index (χ0v) is 13.7. The molecule has 132 valence electrons. The van der Waals surface area contributed by atoms with Crippen molar-refractivity contribution in [3.63, 3.8) is 0 Å². The number of alkyl halides is 3. The Labute approximate surface area is 137 Å². The van der Waals surface area contributed by atoms with E-state index < -0.39 is 40.6 Å². The highest BCUT2D eigenvalue weighted by Gasteiger charge is 2.34. The lowest BCUT2D eigenvalue weighted by Crippen LogP contribution is -2.42. The van der Waals surface area contributed by atoms with Crippen LogP contribution in [0, 0.1) is 5.92 Å². The first-order valence-corrected chi connectivity index (χ1v) is 8.54. The van der Waals surface area contributed by atoms with Crippen molar-refractivity contribution in [3.05, 3.63) is 29.8 Å². The lowest BCUT2D eigenvalue weighted by Gasteiger charge is -2.18. The number of sulfonamides is 1. The van der Waals surface area contributed by atoms with Gasteiger partial charge < -0.3 is 5.32 Å². The summed E-state index contributed by atoms with van der Waals surface area (Å²) in [5.41, 5.74) is 0.284. The fraction of sp³-hybridized carbons (Fsp3) is 0.429. The number of amides is 1. The minimum absolute atomic E-state index is 0.0157. The van der Waals surface area contributed by atoms with Gasteiger partial charge in [-0.3, -0.25) is 14.5 Å². The zero-order chi connectivity index (χ0) is 18.1. The maximum Gasteiger partial charge on any atom is 0.405 e. The molecule has 0 unspecified atom stereocenters. The van der Waals surface area contributed by atoms with Crippen LogP contribution in [0.4, 0.5) is 13.2 Å². The van der Waals surface area contributed by atoms with Crippen LogP contribution in [-0.4, -0.2) is 38.9 Å². The number of carbonyl (C=O) groups excluding carboxylic acids is 1. The summed E-state index contributed by atoms with van der Waals surface area (Å²) in [6.07, 6.45) is -4.54. The number of carbonyl (C=O) groups is 1. The molecule has 0 aromatic heterocycles. The summed E-state index contributed by atoms with van der Waals surface area (Å²) in [6.45, 7) is 1.75. The van der Waals surface area contributed by atoms with E-state index in [0.29, 0.717) is 0 Å². The van der Waals surface area contributed by atoms with Crippen molar-refractivity contribution >= 4 is 21.8 Å². The van der Waals surface area contributed by atoms with Gasteiger partial charge in [0.2, 0.25) is 5.91 Å². The van der Waals surface area contributed by atoms with E-state index in [4.69, 9.17) is 0 Å². The monoisotopic (exact) mass is 363 g/mol.